The molecule has 1 aliphatic rings. The van der Waals surface area contributed by atoms with Crippen LogP contribution in [-0.2, 0) is 20.1 Å². The van der Waals surface area contributed by atoms with Crippen LogP contribution in [0, 0.1) is 6.92 Å². The first kappa shape index (κ1) is 17.5. The number of guanidine groups is 1. The number of rotatable bonds is 5. The molecule has 3 N–H and O–H groups in total. The Kier molecular flexibility index (Phi) is 5.71. The lowest BCUT2D eigenvalue weighted by molar-refractivity contribution is 0.199. The van der Waals surface area contributed by atoms with Crippen molar-refractivity contribution in [3.8, 4) is 0 Å². The standard InChI is InChI=1S/C19H28N6/c1-15-12-18(24(2)23-15)13-21-19(20)22-17-8-10-25(11-9-17)14-16-6-4-3-5-7-16/h3-7,12,17H,8-11,13-14H2,1-2H3,(H3,20,21,22). The molecule has 134 valence electrons. The molecule has 0 unspecified atom stereocenters. The van der Waals surface area contributed by atoms with Crippen LogP contribution < -0.4 is 11.1 Å². The van der Waals surface area contributed by atoms with Crippen LogP contribution in [0.5, 0.6) is 0 Å². The Morgan fingerprint density at radius 1 is 1.28 bits per heavy atom. The second-order valence-electron chi connectivity index (χ2n) is 6.78. The van der Waals surface area contributed by atoms with E-state index in [1.54, 1.807) is 0 Å². The van der Waals surface area contributed by atoms with Crippen molar-refractivity contribution in [3.63, 3.8) is 0 Å². The fraction of sp³-hybridized carbons (Fsp3) is 0.474. The highest BCUT2D eigenvalue weighted by Gasteiger charge is 2.19. The maximum atomic E-state index is 6.06. The molecule has 6 heteroatoms. The van der Waals surface area contributed by atoms with Gasteiger partial charge < -0.3 is 11.1 Å². The summed E-state index contributed by atoms with van der Waals surface area (Å²) in [6.45, 7) is 5.74. The number of aromatic nitrogens is 2. The molecule has 1 aromatic carbocycles. The van der Waals surface area contributed by atoms with Gasteiger partial charge in [-0.1, -0.05) is 30.3 Å². The summed E-state index contributed by atoms with van der Waals surface area (Å²) in [7, 11) is 1.93. The number of aliphatic imine (C=N–C) groups is 1. The molecule has 2 heterocycles. The van der Waals surface area contributed by atoms with E-state index >= 15 is 0 Å². The zero-order valence-electron chi connectivity index (χ0n) is 15.2. The Balaban J connectivity index is 1.43. The predicted molar refractivity (Wildman–Crippen MR) is 101 cm³/mol. The molecule has 0 saturated carbocycles. The summed E-state index contributed by atoms with van der Waals surface area (Å²) in [4.78, 5) is 6.96. The van der Waals surface area contributed by atoms with Crippen molar-refractivity contribution in [2.24, 2.45) is 17.8 Å². The summed E-state index contributed by atoms with van der Waals surface area (Å²) >= 11 is 0. The molecule has 1 fully saturated rings. The van der Waals surface area contributed by atoms with Gasteiger partial charge in [0, 0.05) is 32.7 Å². The number of aryl methyl sites for hydroxylation is 2. The normalized spacial score (nSPS) is 17.0. The number of hydrogen-bond acceptors (Lipinski definition) is 3. The molecular formula is C19H28N6. The van der Waals surface area contributed by atoms with Crippen molar-refractivity contribution >= 4 is 5.96 Å². The highest BCUT2D eigenvalue weighted by molar-refractivity contribution is 5.78. The number of likely N-dealkylation sites (tertiary alicyclic amines) is 1. The lowest BCUT2D eigenvalue weighted by Crippen LogP contribution is -2.46. The van der Waals surface area contributed by atoms with Crippen LogP contribution in [0.4, 0.5) is 0 Å². The number of nitrogens with two attached hydrogens (primary N) is 1. The highest BCUT2D eigenvalue weighted by Crippen LogP contribution is 2.13. The Labute approximate surface area is 149 Å². The first-order valence-corrected chi connectivity index (χ1v) is 8.92. The fourth-order valence-electron chi connectivity index (χ4n) is 3.31. The minimum Gasteiger partial charge on any atom is -0.370 e. The maximum absolute atomic E-state index is 6.06. The van der Waals surface area contributed by atoms with Crippen molar-refractivity contribution < 1.29 is 0 Å². The zero-order chi connectivity index (χ0) is 17.6. The van der Waals surface area contributed by atoms with Gasteiger partial charge >= 0.3 is 0 Å². The van der Waals surface area contributed by atoms with E-state index in [4.69, 9.17) is 5.73 Å². The van der Waals surface area contributed by atoms with Gasteiger partial charge in [-0.15, -0.1) is 0 Å². The molecule has 0 spiro atoms. The molecule has 0 aliphatic carbocycles. The van der Waals surface area contributed by atoms with E-state index in [-0.39, 0.29) is 0 Å². The molecule has 25 heavy (non-hydrogen) atoms. The molecule has 3 rings (SSSR count). The average Bonchev–Trinajstić information content (AvgIpc) is 2.93. The lowest BCUT2D eigenvalue weighted by Gasteiger charge is -2.32. The largest absolute Gasteiger partial charge is 0.370 e. The van der Waals surface area contributed by atoms with Crippen molar-refractivity contribution in [3.05, 3.63) is 53.3 Å². The number of benzene rings is 1. The van der Waals surface area contributed by atoms with Gasteiger partial charge in [-0.05, 0) is 31.4 Å². The number of piperidine rings is 1. The molecule has 0 radical (unpaired) electrons. The van der Waals surface area contributed by atoms with Gasteiger partial charge in [0.05, 0.1) is 17.9 Å². The molecule has 2 aromatic rings. The molecule has 6 nitrogen and oxygen atoms in total. The second kappa shape index (κ2) is 8.16. The van der Waals surface area contributed by atoms with Gasteiger partial charge in [-0.3, -0.25) is 9.58 Å². The number of nitrogens with one attached hydrogen (secondary N) is 1. The summed E-state index contributed by atoms with van der Waals surface area (Å²) in [5, 5.41) is 7.70. The summed E-state index contributed by atoms with van der Waals surface area (Å²) in [6.07, 6.45) is 2.18. The molecule has 0 atom stereocenters. The Morgan fingerprint density at radius 2 is 2.00 bits per heavy atom. The summed E-state index contributed by atoms with van der Waals surface area (Å²) in [5.74, 6) is 0.528. The van der Waals surface area contributed by atoms with Crippen LogP contribution in [0.25, 0.3) is 0 Å². The third-order valence-electron chi connectivity index (χ3n) is 4.70. The van der Waals surface area contributed by atoms with Crippen molar-refractivity contribution in [2.75, 3.05) is 13.1 Å². The van der Waals surface area contributed by atoms with Gasteiger partial charge in [-0.2, -0.15) is 5.10 Å². The van der Waals surface area contributed by atoms with Gasteiger partial charge in [0.25, 0.3) is 0 Å². The first-order chi connectivity index (χ1) is 12.1. The molecule has 1 aromatic heterocycles. The topological polar surface area (TPSA) is 71.5 Å². The number of nitrogens with zero attached hydrogens (tertiary/aromatic N) is 4. The van der Waals surface area contributed by atoms with Gasteiger partial charge in [0.15, 0.2) is 5.96 Å². The monoisotopic (exact) mass is 340 g/mol. The van der Waals surface area contributed by atoms with Gasteiger partial charge in [-0.25, -0.2) is 4.99 Å². The highest BCUT2D eigenvalue weighted by atomic mass is 15.3. The van der Waals surface area contributed by atoms with Crippen LogP contribution in [-0.4, -0.2) is 39.8 Å². The third-order valence-corrected chi connectivity index (χ3v) is 4.70. The average molecular weight is 340 g/mol. The van der Waals surface area contributed by atoms with Crippen LogP contribution in [0.2, 0.25) is 0 Å². The minimum atomic E-state index is 0.407. The van der Waals surface area contributed by atoms with E-state index < -0.39 is 0 Å². The quantitative estimate of drug-likeness (QED) is 0.643. The zero-order valence-corrected chi connectivity index (χ0v) is 15.2. The van der Waals surface area contributed by atoms with E-state index in [2.05, 4.69) is 50.6 Å². The summed E-state index contributed by atoms with van der Waals surface area (Å²) < 4.78 is 1.86. The van der Waals surface area contributed by atoms with E-state index in [9.17, 15) is 0 Å². The predicted octanol–water partition coefficient (Wildman–Crippen LogP) is 1.80. The maximum Gasteiger partial charge on any atom is 0.189 e. The van der Waals surface area contributed by atoms with Crippen LogP contribution >= 0.6 is 0 Å². The lowest BCUT2D eigenvalue weighted by atomic mass is 10.0. The van der Waals surface area contributed by atoms with E-state index in [0.717, 1.165) is 43.9 Å². The SMILES string of the molecule is Cc1cc(CN=C(N)NC2CCN(Cc3ccccc3)CC2)n(C)n1. The summed E-state index contributed by atoms with van der Waals surface area (Å²) in [5.41, 5.74) is 9.51. The third kappa shape index (κ3) is 5.06. The van der Waals surface area contributed by atoms with Crippen LogP contribution in [0.1, 0.15) is 29.8 Å². The fourth-order valence-corrected chi connectivity index (χ4v) is 3.31. The van der Waals surface area contributed by atoms with E-state index in [1.165, 1.54) is 5.56 Å². The Bertz CT molecular complexity index is 698. The summed E-state index contributed by atoms with van der Waals surface area (Å²) in [6, 6.07) is 13.1. The Morgan fingerprint density at radius 3 is 2.64 bits per heavy atom. The van der Waals surface area contributed by atoms with Crippen molar-refractivity contribution in [1.29, 1.82) is 0 Å². The second-order valence-corrected chi connectivity index (χ2v) is 6.78. The van der Waals surface area contributed by atoms with Crippen molar-refractivity contribution in [1.82, 2.24) is 20.0 Å². The molecule has 0 bridgehead atoms. The minimum absolute atomic E-state index is 0.407. The van der Waals surface area contributed by atoms with Crippen LogP contribution in [0.15, 0.2) is 41.4 Å². The molecule has 1 aliphatic heterocycles. The smallest absolute Gasteiger partial charge is 0.189 e. The van der Waals surface area contributed by atoms with E-state index in [0.29, 0.717) is 18.5 Å². The molecule has 0 amide bonds. The Hall–Kier alpha value is -2.34. The van der Waals surface area contributed by atoms with Crippen molar-refractivity contribution in [2.45, 2.75) is 38.9 Å². The van der Waals surface area contributed by atoms with Crippen LogP contribution in [0.3, 0.4) is 0 Å². The molecule has 1 saturated heterocycles. The first-order valence-electron chi connectivity index (χ1n) is 8.92. The van der Waals surface area contributed by atoms with E-state index in [1.807, 2.05) is 24.7 Å². The number of hydrogen-bond donors (Lipinski definition) is 2. The van der Waals surface area contributed by atoms with Gasteiger partial charge in [0.1, 0.15) is 0 Å². The molecular weight excluding hydrogens is 312 g/mol. The van der Waals surface area contributed by atoms with Gasteiger partial charge in [0.2, 0.25) is 0 Å².